The van der Waals surface area contributed by atoms with Crippen molar-refractivity contribution in [2.75, 3.05) is 13.1 Å². The maximum Gasteiger partial charge on any atom is -0.00147 e. The molecule has 2 rings (SSSR count). The average Bonchev–Trinajstić information content (AvgIpc) is 2.35. The van der Waals surface area contributed by atoms with E-state index in [0.29, 0.717) is 0 Å². The summed E-state index contributed by atoms with van der Waals surface area (Å²) in [5.41, 5.74) is 0. The molecule has 0 radical (unpaired) electrons. The van der Waals surface area contributed by atoms with Gasteiger partial charge in [0.15, 0.2) is 0 Å². The third-order valence-electron chi connectivity index (χ3n) is 3.12. The lowest BCUT2D eigenvalue weighted by Gasteiger charge is -2.10. The van der Waals surface area contributed by atoms with Gasteiger partial charge in [-0.25, -0.2) is 0 Å². The van der Waals surface area contributed by atoms with Crippen LogP contribution in [0.2, 0.25) is 0 Å². The maximum atomic E-state index is 3.45. The molecule has 1 N–H and O–H groups in total. The molecule has 1 heteroatoms. The highest BCUT2D eigenvalue weighted by atomic mass is 14.9. The van der Waals surface area contributed by atoms with E-state index in [-0.39, 0.29) is 0 Å². The molecule has 3 atom stereocenters. The number of fused-ring (bicyclic) bond motifs is 1. The lowest BCUT2D eigenvalue weighted by atomic mass is 9.94. The summed E-state index contributed by atoms with van der Waals surface area (Å²) in [4.78, 5) is 0. The Kier molecular flexibility index (Phi) is 1.26. The van der Waals surface area contributed by atoms with Gasteiger partial charge in [-0.15, -0.1) is 0 Å². The largest absolute Gasteiger partial charge is 0.316 e. The van der Waals surface area contributed by atoms with Crippen LogP contribution in [0.25, 0.3) is 0 Å². The Morgan fingerprint density at radius 3 is 2.89 bits per heavy atom. The molecular formula is C8H15N. The predicted molar refractivity (Wildman–Crippen MR) is 38.2 cm³/mol. The molecule has 1 saturated heterocycles. The van der Waals surface area contributed by atoms with E-state index >= 15 is 0 Å². The highest BCUT2D eigenvalue weighted by molar-refractivity contribution is 4.89. The Morgan fingerprint density at radius 1 is 1.22 bits per heavy atom. The lowest BCUT2D eigenvalue weighted by molar-refractivity contribution is 0.403. The SMILES string of the molecule is C[C@@H]1CC[C@H]2CNC[C@H]21. The summed E-state index contributed by atoms with van der Waals surface area (Å²) < 4.78 is 0. The molecule has 0 amide bonds. The minimum Gasteiger partial charge on any atom is -0.316 e. The van der Waals surface area contributed by atoms with Crippen LogP contribution in [-0.2, 0) is 0 Å². The third kappa shape index (κ3) is 0.787. The molecule has 1 heterocycles. The summed E-state index contributed by atoms with van der Waals surface area (Å²) in [5.74, 6) is 3.08. The van der Waals surface area contributed by atoms with Crippen molar-refractivity contribution in [1.82, 2.24) is 5.32 Å². The molecule has 0 unspecified atom stereocenters. The number of rotatable bonds is 0. The van der Waals surface area contributed by atoms with Crippen molar-refractivity contribution >= 4 is 0 Å². The molecule has 0 spiro atoms. The molecule has 0 aromatic rings. The molecule has 2 aliphatic rings. The van der Waals surface area contributed by atoms with Crippen LogP contribution in [-0.4, -0.2) is 13.1 Å². The number of hydrogen-bond acceptors (Lipinski definition) is 1. The highest BCUT2D eigenvalue weighted by Gasteiger charge is 2.36. The van der Waals surface area contributed by atoms with Crippen molar-refractivity contribution in [3.63, 3.8) is 0 Å². The van der Waals surface area contributed by atoms with E-state index < -0.39 is 0 Å². The number of hydrogen-bond donors (Lipinski definition) is 1. The molecule has 1 nitrogen and oxygen atoms in total. The minimum absolute atomic E-state index is 1.00. The molecular weight excluding hydrogens is 110 g/mol. The van der Waals surface area contributed by atoms with Crippen LogP contribution in [0.1, 0.15) is 19.8 Å². The van der Waals surface area contributed by atoms with Gasteiger partial charge in [0.05, 0.1) is 0 Å². The molecule has 0 bridgehead atoms. The Hall–Kier alpha value is -0.0400. The van der Waals surface area contributed by atoms with E-state index in [4.69, 9.17) is 0 Å². The summed E-state index contributed by atoms with van der Waals surface area (Å²) in [6, 6.07) is 0. The standard InChI is InChI=1S/C8H15N/c1-6-2-3-7-4-9-5-8(6)7/h6-9H,2-5H2,1H3/t6-,7+,8+/m1/s1. The second kappa shape index (κ2) is 1.98. The van der Waals surface area contributed by atoms with Gasteiger partial charge in [0.2, 0.25) is 0 Å². The smallest absolute Gasteiger partial charge is 0.00147 e. The normalized spacial score (nSPS) is 49.7. The van der Waals surface area contributed by atoms with E-state index in [1.54, 1.807) is 0 Å². The van der Waals surface area contributed by atoms with E-state index in [1.165, 1.54) is 25.9 Å². The lowest BCUT2D eigenvalue weighted by Crippen LogP contribution is -2.13. The van der Waals surface area contributed by atoms with Gasteiger partial charge < -0.3 is 5.32 Å². The third-order valence-corrected chi connectivity index (χ3v) is 3.12. The fraction of sp³-hybridized carbons (Fsp3) is 1.00. The van der Waals surface area contributed by atoms with Gasteiger partial charge in [0, 0.05) is 0 Å². The van der Waals surface area contributed by atoms with E-state index in [1.807, 2.05) is 0 Å². The van der Waals surface area contributed by atoms with E-state index in [9.17, 15) is 0 Å². The summed E-state index contributed by atoms with van der Waals surface area (Å²) in [5, 5.41) is 3.45. The highest BCUT2D eigenvalue weighted by Crippen LogP contribution is 2.38. The van der Waals surface area contributed by atoms with Crippen LogP contribution in [0, 0.1) is 17.8 Å². The van der Waals surface area contributed by atoms with Crippen LogP contribution >= 0.6 is 0 Å². The second-order valence-corrected chi connectivity index (χ2v) is 3.64. The first-order valence-electron chi connectivity index (χ1n) is 4.08. The van der Waals surface area contributed by atoms with E-state index in [2.05, 4.69) is 12.2 Å². The van der Waals surface area contributed by atoms with Gasteiger partial charge in [0.25, 0.3) is 0 Å². The second-order valence-electron chi connectivity index (χ2n) is 3.64. The predicted octanol–water partition coefficient (Wildman–Crippen LogP) is 1.25. The Labute approximate surface area is 56.8 Å². The molecule has 52 valence electrons. The molecule has 9 heavy (non-hydrogen) atoms. The zero-order valence-corrected chi connectivity index (χ0v) is 6.06. The topological polar surface area (TPSA) is 12.0 Å². The molecule has 1 saturated carbocycles. The quantitative estimate of drug-likeness (QED) is 0.514. The van der Waals surface area contributed by atoms with Crippen LogP contribution in [0.3, 0.4) is 0 Å². The summed E-state index contributed by atoms with van der Waals surface area (Å²) in [6.45, 7) is 5.00. The van der Waals surface area contributed by atoms with Crippen LogP contribution in [0.5, 0.6) is 0 Å². The first-order chi connectivity index (χ1) is 4.38. The van der Waals surface area contributed by atoms with Gasteiger partial charge in [-0.05, 0) is 37.3 Å². The maximum absolute atomic E-state index is 3.45. The van der Waals surface area contributed by atoms with Crippen LogP contribution < -0.4 is 5.32 Å². The summed E-state index contributed by atoms with van der Waals surface area (Å²) in [6.07, 6.45) is 2.97. The van der Waals surface area contributed by atoms with Gasteiger partial charge >= 0.3 is 0 Å². The fourth-order valence-corrected chi connectivity index (χ4v) is 2.43. The van der Waals surface area contributed by atoms with Gasteiger partial charge in [-0.3, -0.25) is 0 Å². The molecule has 0 aromatic heterocycles. The van der Waals surface area contributed by atoms with E-state index in [0.717, 1.165) is 17.8 Å². The molecule has 2 fully saturated rings. The first-order valence-corrected chi connectivity index (χ1v) is 4.08. The van der Waals surface area contributed by atoms with Crippen molar-refractivity contribution in [3.8, 4) is 0 Å². The molecule has 0 aromatic carbocycles. The summed E-state index contributed by atoms with van der Waals surface area (Å²) in [7, 11) is 0. The van der Waals surface area contributed by atoms with Gasteiger partial charge in [0.1, 0.15) is 0 Å². The zero-order chi connectivity index (χ0) is 6.27. The zero-order valence-electron chi connectivity index (χ0n) is 6.06. The van der Waals surface area contributed by atoms with Crippen molar-refractivity contribution in [2.24, 2.45) is 17.8 Å². The van der Waals surface area contributed by atoms with Gasteiger partial charge in [-0.2, -0.15) is 0 Å². The Bertz CT molecular complexity index is 111. The van der Waals surface area contributed by atoms with Gasteiger partial charge in [-0.1, -0.05) is 13.3 Å². The molecule has 1 aliphatic heterocycles. The number of nitrogens with one attached hydrogen (secondary N) is 1. The Morgan fingerprint density at radius 2 is 2.11 bits per heavy atom. The van der Waals surface area contributed by atoms with Crippen molar-refractivity contribution < 1.29 is 0 Å². The molecule has 1 aliphatic carbocycles. The fourth-order valence-electron chi connectivity index (χ4n) is 2.43. The summed E-state index contributed by atoms with van der Waals surface area (Å²) >= 11 is 0. The van der Waals surface area contributed by atoms with Crippen LogP contribution in [0.4, 0.5) is 0 Å². The minimum atomic E-state index is 1.00. The van der Waals surface area contributed by atoms with Crippen molar-refractivity contribution in [3.05, 3.63) is 0 Å². The van der Waals surface area contributed by atoms with Crippen LogP contribution in [0.15, 0.2) is 0 Å². The van der Waals surface area contributed by atoms with Crippen molar-refractivity contribution in [2.45, 2.75) is 19.8 Å². The first kappa shape index (κ1) is 5.72. The van der Waals surface area contributed by atoms with Crippen molar-refractivity contribution in [1.29, 1.82) is 0 Å². The monoisotopic (exact) mass is 125 g/mol. The average molecular weight is 125 g/mol. The Balaban J connectivity index is 2.07.